The van der Waals surface area contributed by atoms with Crippen molar-refractivity contribution in [1.29, 1.82) is 0 Å². The molecule has 0 fully saturated rings. The first-order chi connectivity index (χ1) is 6.06. The van der Waals surface area contributed by atoms with Crippen molar-refractivity contribution < 1.29 is 13.2 Å². The second-order valence-electron chi connectivity index (χ2n) is 2.35. The molecule has 0 atom stereocenters. The summed E-state index contributed by atoms with van der Waals surface area (Å²) in [6.07, 6.45) is -2.31. The number of hydrogen-bond acceptors (Lipinski definition) is 1. The third-order valence-corrected chi connectivity index (χ3v) is 2.17. The van der Waals surface area contributed by atoms with Crippen LogP contribution in [0.25, 0.3) is 0 Å². The third-order valence-electron chi connectivity index (χ3n) is 1.08. The number of halogens is 3. The minimum atomic E-state index is -4.33. The van der Waals surface area contributed by atoms with Crippen molar-refractivity contribution in [2.75, 3.05) is 5.75 Å². The summed E-state index contributed by atoms with van der Waals surface area (Å²) in [4.78, 5) is 0. The first-order valence-electron chi connectivity index (χ1n) is 4.06. The Bertz CT molecular complexity index is 176. The third kappa shape index (κ3) is 11.7. The fourth-order valence-corrected chi connectivity index (χ4v) is 1.32. The average Bonchev–Trinajstić information content (AvgIpc) is 2.01. The van der Waals surface area contributed by atoms with Crippen LogP contribution in [-0.2, 0) is 0 Å². The zero-order valence-corrected chi connectivity index (χ0v) is 8.26. The van der Waals surface area contributed by atoms with Gasteiger partial charge in [0.1, 0.15) is 0 Å². The minimum absolute atomic E-state index is 0.323. The molecule has 0 aliphatic rings. The summed E-state index contributed by atoms with van der Waals surface area (Å²) in [6.45, 7) is 2.02. The average molecular weight is 209 g/mol. The van der Waals surface area contributed by atoms with E-state index in [-0.39, 0.29) is 0 Å². The number of unbranched alkanes of at least 4 members (excludes halogenated alkanes) is 1. The lowest BCUT2D eigenvalue weighted by atomic mass is 10.3. The van der Waals surface area contributed by atoms with E-state index in [0.717, 1.165) is 12.2 Å². The normalized spacial score (nSPS) is 10.8. The smallest absolute Gasteiger partial charge is 0.159 e. The Balaban J connectivity index is 3.28. The lowest BCUT2D eigenvalue weighted by Gasteiger charge is -1.95. The van der Waals surface area contributed by atoms with Crippen LogP contribution in [0.4, 0.5) is 13.2 Å². The highest BCUT2D eigenvalue weighted by molar-refractivity contribution is 8.01. The van der Waals surface area contributed by atoms with Crippen LogP contribution in [0.15, 0.2) is 0 Å². The predicted molar refractivity (Wildman–Crippen MR) is 50.1 cm³/mol. The van der Waals surface area contributed by atoms with E-state index in [1.165, 1.54) is 5.92 Å². The molecule has 1 radical (unpaired) electrons. The monoisotopic (exact) mass is 209 g/mol. The maximum Gasteiger partial charge on any atom is 0.457 e. The van der Waals surface area contributed by atoms with E-state index in [1.807, 2.05) is 12.7 Å². The van der Waals surface area contributed by atoms with Gasteiger partial charge < -0.3 is 0 Å². The van der Waals surface area contributed by atoms with Gasteiger partial charge in [-0.15, -0.1) is 0 Å². The molecular weight excluding hydrogens is 197 g/mol. The van der Waals surface area contributed by atoms with Gasteiger partial charge in [0.05, 0.1) is 0 Å². The van der Waals surface area contributed by atoms with Gasteiger partial charge in [-0.25, -0.2) is 0 Å². The summed E-state index contributed by atoms with van der Waals surface area (Å²) in [6, 6.07) is 0. The van der Waals surface area contributed by atoms with E-state index in [9.17, 15) is 13.2 Å². The van der Waals surface area contributed by atoms with Crippen LogP contribution in [0.2, 0.25) is 0 Å². The summed E-state index contributed by atoms with van der Waals surface area (Å²) in [5, 5.41) is 0. The van der Waals surface area contributed by atoms with Gasteiger partial charge >= 0.3 is 6.18 Å². The number of hydrogen-bond donors (Lipinski definition) is 0. The van der Waals surface area contributed by atoms with Gasteiger partial charge in [-0.05, 0) is 18.6 Å². The summed E-state index contributed by atoms with van der Waals surface area (Å²) in [5.74, 6) is 6.23. The van der Waals surface area contributed by atoms with Crippen molar-refractivity contribution in [3.63, 3.8) is 0 Å². The topological polar surface area (TPSA) is 0 Å². The van der Waals surface area contributed by atoms with E-state index in [0.29, 0.717) is 12.8 Å². The van der Waals surface area contributed by atoms with Crippen molar-refractivity contribution in [3.8, 4) is 11.8 Å². The summed E-state index contributed by atoms with van der Waals surface area (Å²) < 4.78 is 34.5. The zero-order chi connectivity index (χ0) is 10.2. The van der Waals surface area contributed by atoms with Crippen LogP contribution in [0.5, 0.6) is 0 Å². The Morgan fingerprint density at radius 3 is 2.62 bits per heavy atom. The summed E-state index contributed by atoms with van der Waals surface area (Å²) in [7, 11) is 0. The van der Waals surface area contributed by atoms with Crippen LogP contribution in [0.3, 0.4) is 0 Å². The van der Waals surface area contributed by atoms with E-state index < -0.39 is 6.18 Å². The second-order valence-corrected chi connectivity index (χ2v) is 3.42. The van der Waals surface area contributed by atoms with Crippen molar-refractivity contribution >= 4 is 11.8 Å². The largest absolute Gasteiger partial charge is 0.457 e. The quantitative estimate of drug-likeness (QED) is 0.492. The van der Waals surface area contributed by atoms with Gasteiger partial charge in [0.25, 0.3) is 0 Å². The SMILES string of the molecule is CC[CH]SCCCC#CC(F)(F)F. The highest BCUT2D eigenvalue weighted by Gasteiger charge is 2.22. The summed E-state index contributed by atoms with van der Waals surface area (Å²) in [5.41, 5.74) is 0. The Kier molecular flexibility index (Phi) is 6.97. The fourth-order valence-electron chi connectivity index (χ4n) is 0.608. The molecule has 4 heteroatoms. The highest BCUT2D eigenvalue weighted by Crippen LogP contribution is 2.13. The number of rotatable bonds is 5. The molecule has 75 valence electrons. The highest BCUT2D eigenvalue weighted by atomic mass is 32.2. The van der Waals surface area contributed by atoms with Gasteiger partial charge in [-0.3, -0.25) is 0 Å². The molecule has 0 N–H and O–H groups in total. The Morgan fingerprint density at radius 2 is 2.08 bits per heavy atom. The maximum absolute atomic E-state index is 11.5. The zero-order valence-electron chi connectivity index (χ0n) is 7.45. The standard InChI is InChI=1S/C9H12F3S/c1-2-7-13-8-5-3-4-6-9(10,11)12/h7H,2-3,5,8H2,1H3. The van der Waals surface area contributed by atoms with Crippen LogP contribution in [0.1, 0.15) is 26.2 Å². The molecule has 0 heterocycles. The van der Waals surface area contributed by atoms with Gasteiger partial charge in [0.15, 0.2) is 0 Å². The van der Waals surface area contributed by atoms with Gasteiger partial charge in [0.2, 0.25) is 0 Å². The molecule has 0 saturated carbocycles. The molecule has 0 bridgehead atoms. The number of alkyl halides is 3. The van der Waals surface area contributed by atoms with Crippen molar-refractivity contribution in [2.24, 2.45) is 0 Å². The first kappa shape index (κ1) is 12.7. The number of thioether (sulfide) groups is 1. The lowest BCUT2D eigenvalue weighted by molar-refractivity contribution is -0.0697. The molecule has 0 aromatic carbocycles. The molecule has 0 unspecified atom stereocenters. The van der Waals surface area contributed by atoms with E-state index >= 15 is 0 Å². The Labute approximate surface area is 81.3 Å². The Hall–Kier alpha value is -0.300. The van der Waals surface area contributed by atoms with Crippen molar-refractivity contribution in [3.05, 3.63) is 5.75 Å². The van der Waals surface area contributed by atoms with Crippen molar-refractivity contribution in [2.45, 2.75) is 32.4 Å². The van der Waals surface area contributed by atoms with Crippen LogP contribution >= 0.6 is 11.8 Å². The predicted octanol–water partition coefficient (Wildman–Crippen LogP) is 3.64. The second kappa shape index (κ2) is 7.14. The van der Waals surface area contributed by atoms with Crippen LogP contribution < -0.4 is 0 Å². The van der Waals surface area contributed by atoms with Crippen LogP contribution in [0, 0.1) is 17.6 Å². The summed E-state index contributed by atoms with van der Waals surface area (Å²) >= 11 is 1.64. The Morgan fingerprint density at radius 1 is 1.38 bits per heavy atom. The molecular formula is C9H12F3S. The molecule has 0 aromatic heterocycles. The van der Waals surface area contributed by atoms with Crippen LogP contribution in [-0.4, -0.2) is 11.9 Å². The first-order valence-corrected chi connectivity index (χ1v) is 5.11. The lowest BCUT2D eigenvalue weighted by Crippen LogP contribution is -2.01. The fraction of sp³-hybridized carbons (Fsp3) is 0.667. The molecule has 0 spiro atoms. The molecule has 0 rings (SSSR count). The van der Waals surface area contributed by atoms with Gasteiger partial charge in [-0.1, -0.05) is 12.8 Å². The van der Waals surface area contributed by atoms with E-state index in [4.69, 9.17) is 0 Å². The van der Waals surface area contributed by atoms with Gasteiger partial charge in [-0.2, -0.15) is 24.9 Å². The minimum Gasteiger partial charge on any atom is -0.159 e. The molecule has 0 aromatic rings. The molecule has 0 amide bonds. The molecule has 0 aliphatic carbocycles. The maximum atomic E-state index is 11.5. The molecule has 0 nitrogen and oxygen atoms in total. The molecule has 13 heavy (non-hydrogen) atoms. The van der Waals surface area contributed by atoms with E-state index in [2.05, 4.69) is 5.92 Å². The molecule has 0 aliphatic heterocycles. The van der Waals surface area contributed by atoms with Crippen molar-refractivity contribution in [1.82, 2.24) is 0 Å². The van der Waals surface area contributed by atoms with Gasteiger partial charge in [0, 0.05) is 18.1 Å². The molecule has 0 saturated heterocycles. The van der Waals surface area contributed by atoms with E-state index in [1.54, 1.807) is 11.8 Å².